The van der Waals surface area contributed by atoms with E-state index in [-0.39, 0.29) is 22.7 Å². The summed E-state index contributed by atoms with van der Waals surface area (Å²) in [5.41, 5.74) is 0. The third-order valence-electron chi connectivity index (χ3n) is 1.76. The molecule has 0 aromatic heterocycles. The smallest absolute Gasteiger partial charge is 0.213 e. The Bertz CT molecular complexity index is 312. The first kappa shape index (κ1) is 10.4. The van der Waals surface area contributed by atoms with Gasteiger partial charge in [-0.25, -0.2) is 8.42 Å². The number of nitrogens with one attached hydrogen (secondary N) is 2. The maximum atomic E-state index is 11.0. The molecule has 1 fully saturated rings. The van der Waals surface area contributed by atoms with Crippen molar-refractivity contribution in [2.75, 3.05) is 11.5 Å². The number of carbonyl (C=O) groups excluding carboxylic acids is 1. The van der Waals surface area contributed by atoms with Gasteiger partial charge < -0.3 is 10.6 Å². The van der Waals surface area contributed by atoms with Crippen molar-refractivity contribution in [3.8, 4) is 0 Å². The van der Waals surface area contributed by atoms with Gasteiger partial charge in [0.15, 0.2) is 14.9 Å². The van der Waals surface area contributed by atoms with E-state index in [1.165, 1.54) is 0 Å². The molecule has 1 atom stereocenters. The largest absolute Gasteiger partial charge is 0.359 e. The maximum absolute atomic E-state index is 11.0. The summed E-state index contributed by atoms with van der Waals surface area (Å²) in [5.74, 6) is 0.280. The summed E-state index contributed by atoms with van der Waals surface area (Å²) in [7, 11) is -2.89. The number of hydrogen-bond acceptors (Lipinski definition) is 4. The molecule has 1 amide bonds. The predicted octanol–water partition coefficient (Wildman–Crippen LogP) is -1.21. The molecule has 0 aromatic rings. The van der Waals surface area contributed by atoms with Crippen LogP contribution in [0.4, 0.5) is 0 Å². The summed E-state index contributed by atoms with van der Waals surface area (Å²) in [6, 6.07) is -0.162. The lowest BCUT2D eigenvalue weighted by atomic mass is 10.3. The molecular formula is C6H10N2O3S2. The summed E-state index contributed by atoms with van der Waals surface area (Å²) in [6.07, 6.45) is 1.00. The highest BCUT2D eigenvalue weighted by Gasteiger charge is 2.27. The van der Waals surface area contributed by atoms with Crippen molar-refractivity contribution in [3.63, 3.8) is 0 Å². The molecule has 13 heavy (non-hydrogen) atoms. The van der Waals surface area contributed by atoms with Crippen molar-refractivity contribution in [3.05, 3.63) is 0 Å². The van der Waals surface area contributed by atoms with E-state index in [1.807, 2.05) is 0 Å². The van der Waals surface area contributed by atoms with Gasteiger partial charge in [-0.05, 0) is 18.6 Å². The number of carbonyl (C=O) groups is 1. The fraction of sp³-hybridized carbons (Fsp3) is 0.667. The van der Waals surface area contributed by atoms with Crippen molar-refractivity contribution in [1.82, 2.24) is 10.6 Å². The van der Waals surface area contributed by atoms with Crippen LogP contribution in [0, 0.1) is 0 Å². The summed E-state index contributed by atoms with van der Waals surface area (Å²) in [4.78, 5) is 9.96. The van der Waals surface area contributed by atoms with Crippen molar-refractivity contribution in [2.24, 2.45) is 0 Å². The van der Waals surface area contributed by atoms with Crippen LogP contribution < -0.4 is 10.6 Å². The molecule has 0 radical (unpaired) electrons. The highest BCUT2D eigenvalue weighted by Crippen LogP contribution is 2.10. The van der Waals surface area contributed by atoms with Crippen LogP contribution in [0.15, 0.2) is 0 Å². The summed E-state index contributed by atoms with van der Waals surface area (Å²) in [5, 5.41) is 5.17. The topological polar surface area (TPSA) is 75.3 Å². The second-order valence-electron chi connectivity index (χ2n) is 2.84. The van der Waals surface area contributed by atoms with Crippen molar-refractivity contribution >= 4 is 33.6 Å². The molecule has 1 aliphatic rings. The van der Waals surface area contributed by atoms with Gasteiger partial charge in [0, 0.05) is 6.04 Å². The Morgan fingerprint density at radius 2 is 2.23 bits per heavy atom. The zero-order valence-corrected chi connectivity index (χ0v) is 8.45. The Kier molecular flexibility index (Phi) is 3.21. The normalized spacial score (nSPS) is 25.1. The molecule has 0 aromatic carbocycles. The molecule has 1 heterocycles. The molecule has 2 N–H and O–H groups in total. The zero-order chi connectivity index (χ0) is 9.90. The Morgan fingerprint density at radius 1 is 1.54 bits per heavy atom. The summed E-state index contributed by atoms with van der Waals surface area (Å²) < 4.78 is 22.0. The third-order valence-corrected chi connectivity index (χ3v) is 3.76. The molecule has 74 valence electrons. The minimum absolute atomic E-state index is 0.0909. The van der Waals surface area contributed by atoms with Crippen LogP contribution in [0.25, 0.3) is 0 Å². The van der Waals surface area contributed by atoms with E-state index < -0.39 is 9.84 Å². The van der Waals surface area contributed by atoms with E-state index >= 15 is 0 Å². The van der Waals surface area contributed by atoms with E-state index in [1.54, 1.807) is 0 Å². The number of thiocarbonyl (C=S) groups is 1. The molecule has 1 saturated heterocycles. The van der Waals surface area contributed by atoms with Crippen LogP contribution in [0.3, 0.4) is 0 Å². The van der Waals surface area contributed by atoms with Crippen LogP contribution in [-0.2, 0) is 14.6 Å². The van der Waals surface area contributed by atoms with E-state index in [0.29, 0.717) is 12.8 Å². The highest BCUT2D eigenvalue weighted by atomic mass is 32.2. The molecule has 0 aliphatic carbocycles. The minimum Gasteiger partial charge on any atom is -0.359 e. The van der Waals surface area contributed by atoms with Gasteiger partial charge in [-0.1, -0.05) is 0 Å². The molecule has 1 aliphatic heterocycles. The van der Waals surface area contributed by atoms with Crippen LogP contribution >= 0.6 is 12.2 Å². The van der Waals surface area contributed by atoms with Crippen molar-refractivity contribution < 1.29 is 13.2 Å². The molecule has 7 heteroatoms. The van der Waals surface area contributed by atoms with E-state index in [4.69, 9.17) is 12.2 Å². The van der Waals surface area contributed by atoms with Crippen LogP contribution in [-0.4, -0.2) is 37.5 Å². The second kappa shape index (κ2) is 4.01. The molecule has 0 spiro atoms. The molecule has 0 saturated carbocycles. The van der Waals surface area contributed by atoms with E-state index in [9.17, 15) is 13.2 Å². The van der Waals surface area contributed by atoms with Gasteiger partial charge in [0.1, 0.15) is 0 Å². The number of rotatable bonds is 2. The zero-order valence-electron chi connectivity index (χ0n) is 6.82. The lowest BCUT2D eigenvalue weighted by Crippen LogP contribution is -2.41. The number of sulfone groups is 1. The SMILES string of the molecule is O=CNC(=S)N[C@@H]1CCS(=O)(=O)C1. The second-order valence-corrected chi connectivity index (χ2v) is 5.47. The molecule has 0 unspecified atom stereocenters. The Balaban J connectivity index is 2.40. The molecular weight excluding hydrogens is 212 g/mol. The van der Waals surface area contributed by atoms with Gasteiger partial charge >= 0.3 is 0 Å². The Hall–Kier alpha value is -0.690. The monoisotopic (exact) mass is 222 g/mol. The molecule has 1 rings (SSSR count). The average molecular weight is 222 g/mol. The first-order valence-electron chi connectivity index (χ1n) is 3.74. The highest BCUT2D eigenvalue weighted by molar-refractivity contribution is 7.91. The first-order valence-corrected chi connectivity index (χ1v) is 5.97. The lowest BCUT2D eigenvalue weighted by molar-refractivity contribution is -0.108. The lowest BCUT2D eigenvalue weighted by Gasteiger charge is -2.11. The van der Waals surface area contributed by atoms with E-state index in [0.717, 1.165) is 0 Å². The van der Waals surface area contributed by atoms with Gasteiger partial charge in [0.25, 0.3) is 0 Å². The van der Waals surface area contributed by atoms with Crippen LogP contribution in [0.5, 0.6) is 0 Å². The van der Waals surface area contributed by atoms with Crippen LogP contribution in [0.1, 0.15) is 6.42 Å². The third kappa shape index (κ3) is 3.27. The number of amides is 1. The Labute approximate surface area is 81.8 Å². The van der Waals surface area contributed by atoms with Gasteiger partial charge in [-0.3, -0.25) is 4.79 Å². The quantitative estimate of drug-likeness (QED) is 0.453. The van der Waals surface area contributed by atoms with E-state index in [2.05, 4.69) is 10.6 Å². The standard InChI is InChI=1S/C6H10N2O3S2/c9-4-7-6(12)8-5-1-2-13(10,11)3-5/h4-5H,1-3H2,(H2,7,8,9,12)/t5-/m1/s1. The fourth-order valence-electron chi connectivity index (χ4n) is 1.19. The first-order chi connectivity index (χ1) is 6.03. The Morgan fingerprint density at radius 3 is 2.69 bits per heavy atom. The van der Waals surface area contributed by atoms with Gasteiger partial charge in [-0.2, -0.15) is 0 Å². The maximum Gasteiger partial charge on any atom is 0.213 e. The van der Waals surface area contributed by atoms with Gasteiger partial charge in [0.05, 0.1) is 11.5 Å². The predicted molar refractivity (Wildman–Crippen MR) is 52.0 cm³/mol. The number of hydrogen-bond donors (Lipinski definition) is 2. The van der Waals surface area contributed by atoms with Crippen LogP contribution in [0.2, 0.25) is 0 Å². The van der Waals surface area contributed by atoms with Gasteiger partial charge in [-0.15, -0.1) is 0 Å². The fourth-order valence-corrected chi connectivity index (χ4v) is 3.08. The summed E-state index contributed by atoms with van der Waals surface area (Å²) >= 11 is 4.72. The van der Waals surface area contributed by atoms with Crippen molar-refractivity contribution in [2.45, 2.75) is 12.5 Å². The minimum atomic E-state index is -2.89. The molecule has 5 nitrogen and oxygen atoms in total. The van der Waals surface area contributed by atoms with Crippen molar-refractivity contribution in [1.29, 1.82) is 0 Å². The summed E-state index contributed by atoms with van der Waals surface area (Å²) in [6.45, 7) is 0. The molecule has 0 bridgehead atoms. The van der Waals surface area contributed by atoms with Gasteiger partial charge in [0.2, 0.25) is 6.41 Å². The average Bonchev–Trinajstić information content (AvgIpc) is 2.30.